The van der Waals surface area contributed by atoms with E-state index in [4.69, 9.17) is 16.2 Å². The summed E-state index contributed by atoms with van der Waals surface area (Å²) in [4.78, 5) is 10.3. The maximum absolute atomic E-state index is 10.3. The smallest absolute Gasteiger partial charge is 0.320 e. The number of unbranched alkanes of at least 4 members (excludes halogenated alkanes) is 1. The van der Waals surface area contributed by atoms with E-state index in [9.17, 15) is 4.79 Å². The highest BCUT2D eigenvalue weighted by Gasteiger charge is 2.09. The number of hydrogen-bond acceptors (Lipinski definition) is 4. The molecule has 0 aliphatic carbocycles. The van der Waals surface area contributed by atoms with Crippen LogP contribution in [0.25, 0.3) is 0 Å². The Morgan fingerprint density at radius 1 is 1.57 bits per heavy atom. The molecule has 84 valence electrons. The van der Waals surface area contributed by atoms with Crippen molar-refractivity contribution in [2.75, 3.05) is 13.1 Å². The van der Waals surface area contributed by atoms with Gasteiger partial charge in [-0.25, -0.2) is 0 Å². The van der Waals surface area contributed by atoms with Crippen molar-refractivity contribution in [2.24, 2.45) is 5.73 Å². The molecule has 0 amide bonds. The quantitative estimate of drug-likeness (QED) is 0.350. The number of rotatable bonds is 8. The van der Waals surface area contributed by atoms with Gasteiger partial charge in [-0.15, -0.1) is 12.4 Å². The molecule has 6 heteroatoms. The Morgan fingerprint density at radius 2 is 2.21 bits per heavy atom. The summed E-state index contributed by atoms with van der Waals surface area (Å²) in [5, 5.41) is 18.2. The Balaban J connectivity index is 0. The fraction of sp³-hybridized carbons (Fsp3) is 0.750. The van der Waals surface area contributed by atoms with Gasteiger partial charge in [-0.3, -0.25) is 4.79 Å². The fourth-order valence-electron chi connectivity index (χ4n) is 0.912. The minimum absolute atomic E-state index is 0. The third kappa shape index (κ3) is 9.44. The number of nitrogens with two attached hydrogens (primary N) is 1. The third-order valence-corrected chi connectivity index (χ3v) is 1.68. The van der Waals surface area contributed by atoms with E-state index in [1.807, 2.05) is 0 Å². The van der Waals surface area contributed by atoms with E-state index in [1.165, 1.54) is 6.21 Å². The van der Waals surface area contributed by atoms with E-state index in [0.29, 0.717) is 13.0 Å². The Morgan fingerprint density at radius 3 is 2.71 bits per heavy atom. The van der Waals surface area contributed by atoms with Crippen molar-refractivity contribution < 1.29 is 9.90 Å². The molecule has 0 saturated carbocycles. The van der Waals surface area contributed by atoms with Gasteiger partial charge in [0.1, 0.15) is 6.04 Å². The lowest BCUT2D eigenvalue weighted by molar-refractivity contribution is -0.138. The van der Waals surface area contributed by atoms with Gasteiger partial charge in [-0.2, -0.15) is 0 Å². The van der Waals surface area contributed by atoms with E-state index < -0.39 is 12.0 Å². The second-order valence-electron chi connectivity index (χ2n) is 2.85. The largest absolute Gasteiger partial charge is 0.480 e. The van der Waals surface area contributed by atoms with Crippen molar-refractivity contribution in [3.8, 4) is 0 Å². The fourth-order valence-corrected chi connectivity index (χ4v) is 0.912. The number of carboxylic acids is 1. The molecule has 0 aromatic carbocycles. The topological polar surface area (TPSA) is 99.2 Å². The van der Waals surface area contributed by atoms with Gasteiger partial charge < -0.3 is 21.6 Å². The number of nitrogens with one attached hydrogen (secondary N) is 2. The van der Waals surface area contributed by atoms with Gasteiger partial charge in [0.15, 0.2) is 0 Å². The highest BCUT2D eigenvalue weighted by Crippen LogP contribution is 1.97. The zero-order chi connectivity index (χ0) is 10.1. The maximum Gasteiger partial charge on any atom is 0.320 e. The molecule has 5 N–H and O–H groups in total. The molecular weight excluding hydrogens is 206 g/mol. The predicted molar refractivity (Wildman–Crippen MR) is 58.4 cm³/mol. The molecule has 5 nitrogen and oxygen atoms in total. The maximum atomic E-state index is 10.3. The monoisotopic (exact) mass is 223 g/mol. The summed E-state index contributed by atoms with van der Waals surface area (Å²) in [7, 11) is 0. The van der Waals surface area contributed by atoms with Crippen molar-refractivity contribution in [1.29, 1.82) is 5.41 Å². The summed E-state index contributed by atoms with van der Waals surface area (Å²) in [6.45, 7) is 1.38. The molecule has 0 spiro atoms. The van der Waals surface area contributed by atoms with E-state index >= 15 is 0 Å². The Labute approximate surface area is 90.0 Å². The van der Waals surface area contributed by atoms with Crippen LogP contribution in [0.1, 0.15) is 19.3 Å². The molecule has 0 bridgehead atoms. The van der Waals surface area contributed by atoms with Crippen molar-refractivity contribution >= 4 is 24.6 Å². The molecule has 0 rings (SSSR count). The highest BCUT2D eigenvalue weighted by molar-refractivity contribution is 5.85. The van der Waals surface area contributed by atoms with Crippen LogP contribution in [-0.2, 0) is 4.79 Å². The summed E-state index contributed by atoms with van der Waals surface area (Å²) < 4.78 is 0. The summed E-state index contributed by atoms with van der Waals surface area (Å²) in [5.41, 5.74) is 5.30. The van der Waals surface area contributed by atoms with E-state index in [2.05, 4.69) is 5.32 Å². The van der Waals surface area contributed by atoms with E-state index in [-0.39, 0.29) is 12.4 Å². The molecule has 0 aromatic heterocycles. The second kappa shape index (κ2) is 10.4. The van der Waals surface area contributed by atoms with Crippen molar-refractivity contribution in [2.45, 2.75) is 25.3 Å². The molecule has 0 aliphatic rings. The second-order valence-corrected chi connectivity index (χ2v) is 2.85. The number of carboxylic acid groups (broad SMARTS) is 1. The normalized spacial score (nSPS) is 11.5. The van der Waals surface area contributed by atoms with Gasteiger partial charge in [-0.1, -0.05) is 6.42 Å². The zero-order valence-electron chi connectivity index (χ0n) is 8.03. The van der Waals surface area contributed by atoms with Crippen LogP contribution in [0, 0.1) is 5.41 Å². The van der Waals surface area contributed by atoms with Gasteiger partial charge in [-0.05, 0) is 19.4 Å². The minimum atomic E-state index is -0.938. The molecule has 1 atom stereocenters. The first kappa shape index (κ1) is 15.8. The predicted octanol–water partition coefficient (Wildman–Crippen LogP) is 0.230. The molecule has 0 radical (unpaired) electrons. The van der Waals surface area contributed by atoms with Crippen molar-refractivity contribution in [1.82, 2.24) is 5.32 Å². The van der Waals surface area contributed by atoms with Crippen LogP contribution in [0.2, 0.25) is 0 Å². The van der Waals surface area contributed by atoms with Crippen molar-refractivity contribution in [3.05, 3.63) is 0 Å². The molecular formula is C8H18ClN3O2. The number of hydrogen-bond donors (Lipinski definition) is 4. The van der Waals surface area contributed by atoms with Crippen molar-refractivity contribution in [3.63, 3.8) is 0 Å². The summed E-state index contributed by atoms with van der Waals surface area (Å²) in [5.74, 6) is -0.938. The Bertz CT molecular complexity index is 167. The molecule has 0 saturated heterocycles. The molecule has 0 aliphatic heterocycles. The van der Waals surface area contributed by atoms with Crippen LogP contribution < -0.4 is 11.1 Å². The standard InChI is InChI=1S/C8H17N3O2.ClH/c9-4-6-11-5-2-1-3-7(10)8(12)13;/h4,7,9,11H,1-3,5-6,10H2,(H,12,13);1H/t7-;/m0./s1. The third-order valence-electron chi connectivity index (χ3n) is 1.68. The van der Waals surface area contributed by atoms with Gasteiger partial charge in [0.2, 0.25) is 0 Å². The summed E-state index contributed by atoms with van der Waals surface area (Å²) in [6, 6.07) is -0.734. The van der Waals surface area contributed by atoms with Crippen LogP contribution in [0.15, 0.2) is 0 Å². The van der Waals surface area contributed by atoms with E-state index in [0.717, 1.165) is 19.4 Å². The van der Waals surface area contributed by atoms with Gasteiger partial charge in [0.05, 0.1) is 0 Å². The zero-order valence-corrected chi connectivity index (χ0v) is 8.85. The average molecular weight is 224 g/mol. The SMILES string of the molecule is Cl.N=CCNCCCC[C@H](N)C(=O)O. The van der Waals surface area contributed by atoms with Crippen LogP contribution in [0.3, 0.4) is 0 Å². The van der Waals surface area contributed by atoms with Gasteiger partial charge in [0.25, 0.3) is 0 Å². The van der Waals surface area contributed by atoms with Gasteiger partial charge >= 0.3 is 5.97 Å². The Kier molecular flexibility index (Phi) is 11.8. The molecule has 0 unspecified atom stereocenters. The summed E-state index contributed by atoms with van der Waals surface area (Å²) >= 11 is 0. The first-order valence-corrected chi connectivity index (χ1v) is 4.36. The molecule has 14 heavy (non-hydrogen) atoms. The number of halogens is 1. The lowest BCUT2D eigenvalue weighted by Crippen LogP contribution is -2.30. The molecule has 0 heterocycles. The lowest BCUT2D eigenvalue weighted by Gasteiger charge is -2.05. The van der Waals surface area contributed by atoms with Crippen LogP contribution in [0.5, 0.6) is 0 Å². The first-order valence-electron chi connectivity index (χ1n) is 4.36. The number of carbonyl (C=O) groups is 1. The Hall–Kier alpha value is -0.650. The van der Waals surface area contributed by atoms with Crippen LogP contribution in [-0.4, -0.2) is 36.4 Å². The van der Waals surface area contributed by atoms with Crippen LogP contribution >= 0.6 is 12.4 Å². The number of aliphatic carboxylic acids is 1. The van der Waals surface area contributed by atoms with Gasteiger partial charge in [0, 0.05) is 12.8 Å². The summed E-state index contributed by atoms with van der Waals surface area (Å²) in [6.07, 6.45) is 3.51. The molecule has 0 fully saturated rings. The first-order chi connectivity index (χ1) is 6.18. The lowest BCUT2D eigenvalue weighted by atomic mass is 10.1. The van der Waals surface area contributed by atoms with E-state index in [1.54, 1.807) is 0 Å². The minimum Gasteiger partial charge on any atom is -0.480 e. The highest BCUT2D eigenvalue weighted by atomic mass is 35.5. The molecule has 0 aromatic rings. The average Bonchev–Trinajstić information content (AvgIpc) is 2.10. The van der Waals surface area contributed by atoms with Crippen LogP contribution in [0.4, 0.5) is 0 Å².